The summed E-state index contributed by atoms with van der Waals surface area (Å²) < 4.78 is 28.0. The lowest BCUT2D eigenvalue weighted by molar-refractivity contribution is -0.123. The van der Waals surface area contributed by atoms with Gasteiger partial charge in [0.15, 0.2) is 12.4 Å². The lowest BCUT2D eigenvalue weighted by Crippen LogP contribution is -2.28. The standard InChI is InChI=1S/C20H17ClN2O5S2/c21-15-5-1-13(2-6-15)20(25)14-3-7-16(8-4-14)28-12-18(24)23-11-17-9-10-19(29-17)30(22,26)27/h1-10H,11-12H2,(H,23,24)(H2,22,26,27). The molecule has 0 aliphatic carbocycles. The lowest BCUT2D eigenvalue weighted by Gasteiger charge is -2.08. The van der Waals surface area contributed by atoms with Crippen molar-refractivity contribution in [3.05, 3.63) is 81.7 Å². The first kappa shape index (κ1) is 22.0. The number of hydrogen-bond donors (Lipinski definition) is 2. The fourth-order valence-corrected chi connectivity index (χ4v) is 4.31. The van der Waals surface area contributed by atoms with Gasteiger partial charge in [-0.05, 0) is 60.7 Å². The SMILES string of the molecule is NS(=O)(=O)c1ccc(CNC(=O)COc2ccc(C(=O)c3ccc(Cl)cc3)cc2)s1. The highest BCUT2D eigenvalue weighted by Gasteiger charge is 2.12. The van der Waals surface area contributed by atoms with Crippen molar-refractivity contribution in [2.45, 2.75) is 10.8 Å². The molecular formula is C20H17ClN2O5S2. The third-order valence-corrected chi connectivity index (χ3v) is 6.75. The summed E-state index contributed by atoms with van der Waals surface area (Å²) in [5.41, 5.74) is 1.00. The van der Waals surface area contributed by atoms with Crippen molar-refractivity contribution in [1.82, 2.24) is 5.32 Å². The molecule has 0 saturated heterocycles. The monoisotopic (exact) mass is 464 g/mol. The number of carbonyl (C=O) groups is 2. The van der Waals surface area contributed by atoms with Crippen LogP contribution in [0.3, 0.4) is 0 Å². The Kier molecular flexibility index (Phi) is 6.88. The Morgan fingerprint density at radius 2 is 1.57 bits per heavy atom. The number of carbonyl (C=O) groups excluding carboxylic acids is 2. The van der Waals surface area contributed by atoms with Gasteiger partial charge in [0, 0.05) is 21.0 Å². The van der Waals surface area contributed by atoms with Gasteiger partial charge in [0.25, 0.3) is 5.91 Å². The molecule has 30 heavy (non-hydrogen) atoms. The predicted octanol–water partition coefficient (Wildman–Crippen LogP) is 2.98. The summed E-state index contributed by atoms with van der Waals surface area (Å²) in [4.78, 5) is 25.0. The van der Waals surface area contributed by atoms with Crippen LogP contribution in [0.4, 0.5) is 0 Å². The van der Waals surface area contributed by atoms with Crippen molar-refractivity contribution < 1.29 is 22.7 Å². The quantitative estimate of drug-likeness (QED) is 0.497. The van der Waals surface area contributed by atoms with E-state index in [9.17, 15) is 18.0 Å². The molecule has 0 radical (unpaired) electrons. The highest BCUT2D eigenvalue weighted by molar-refractivity contribution is 7.91. The average molecular weight is 465 g/mol. The molecule has 1 aromatic heterocycles. The number of thiophene rings is 1. The number of amides is 1. The van der Waals surface area contributed by atoms with E-state index in [-0.39, 0.29) is 29.1 Å². The van der Waals surface area contributed by atoms with Gasteiger partial charge in [0.2, 0.25) is 10.0 Å². The van der Waals surface area contributed by atoms with Gasteiger partial charge >= 0.3 is 0 Å². The van der Waals surface area contributed by atoms with Crippen LogP contribution < -0.4 is 15.2 Å². The number of primary sulfonamides is 1. The van der Waals surface area contributed by atoms with Crippen molar-refractivity contribution >= 4 is 44.7 Å². The molecule has 0 spiro atoms. The largest absolute Gasteiger partial charge is 0.484 e. The maximum absolute atomic E-state index is 12.4. The Balaban J connectivity index is 1.49. The zero-order chi connectivity index (χ0) is 21.7. The average Bonchev–Trinajstić information content (AvgIpc) is 3.21. The molecule has 0 bridgehead atoms. The van der Waals surface area contributed by atoms with E-state index in [4.69, 9.17) is 21.5 Å². The topological polar surface area (TPSA) is 116 Å². The van der Waals surface area contributed by atoms with Crippen molar-refractivity contribution in [3.63, 3.8) is 0 Å². The fraction of sp³-hybridized carbons (Fsp3) is 0.100. The lowest BCUT2D eigenvalue weighted by atomic mass is 10.0. The molecule has 2 aromatic carbocycles. The van der Waals surface area contributed by atoms with Crippen LogP contribution in [0.5, 0.6) is 5.75 Å². The Hall–Kier alpha value is -2.72. The van der Waals surface area contributed by atoms with Crippen LogP contribution in [0, 0.1) is 0 Å². The van der Waals surface area contributed by atoms with E-state index >= 15 is 0 Å². The van der Waals surface area contributed by atoms with E-state index in [0.717, 1.165) is 11.3 Å². The van der Waals surface area contributed by atoms with Gasteiger partial charge in [-0.1, -0.05) is 11.6 Å². The first-order valence-corrected chi connectivity index (χ1v) is 11.4. The summed E-state index contributed by atoms with van der Waals surface area (Å²) in [6.07, 6.45) is 0. The molecule has 0 aliphatic heterocycles. The Morgan fingerprint density at radius 1 is 0.967 bits per heavy atom. The molecule has 0 fully saturated rings. The summed E-state index contributed by atoms with van der Waals surface area (Å²) in [6.45, 7) is -0.0607. The number of benzene rings is 2. The van der Waals surface area contributed by atoms with Crippen LogP contribution in [-0.2, 0) is 21.4 Å². The Morgan fingerprint density at radius 3 is 2.13 bits per heavy atom. The normalized spacial score (nSPS) is 11.1. The van der Waals surface area contributed by atoms with E-state index in [0.29, 0.717) is 26.8 Å². The molecule has 1 heterocycles. The number of nitrogens with one attached hydrogen (secondary N) is 1. The van der Waals surface area contributed by atoms with Crippen LogP contribution in [0.15, 0.2) is 64.9 Å². The summed E-state index contributed by atoms with van der Waals surface area (Å²) in [7, 11) is -3.75. The Labute approximate surface area is 182 Å². The molecule has 3 N–H and O–H groups in total. The molecule has 7 nitrogen and oxygen atoms in total. The van der Waals surface area contributed by atoms with E-state index in [1.165, 1.54) is 6.07 Å². The highest BCUT2D eigenvalue weighted by atomic mass is 35.5. The van der Waals surface area contributed by atoms with Crippen LogP contribution in [-0.4, -0.2) is 26.7 Å². The second-order valence-electron chi connectivity index (χ2n) is 6.19. The number of rotatable bonds is 8. The van der Waals surface area contributed by atoms with Crippen molar-refractivity contribution in [1.29, 1.82) is 0 Å². The molecule has 10 heteroatoms. The van der Waals surface area contributed by atoms with Crippen molar-refractivity contribution in [2.24, 2.45) is 5.14 Å². The van der Waals surface area contributed by atoms with Gasteiger partial charge in [-0.25, -0.2) is 13.6 Å². The molecule has 0 atom stereocenters. The summed E-state index contributed by atoms with van der Waals surface area (Å²) in [5.74, 6) is -0.0851. The van der Waals surface area contributed by atoms with Crippen LogP contribution in [0.25, 0.3) is 0 Å². The van der Waals surface area contributed by atoms with E-state index < -0.39 is 10.0 Å². The molecule has 1 amide bonds. The third-order valence-electron chi connectivity index (χ3n) is 3.97. The van der Waals surface area contributed by atoms with Gasteiger partial charge in [-0.15, -0.1) is 11.3 Å². The Bertz CT molecular complexity index is 1160. The van der Waals surface area contributed by atoms with Crippen molar-refractivity contribution in [3.8, 4) is 5.75 Å². The molecule has 0 unspecified atom stereocenters. The van der Waals surface area contributed by atoms with E-state index in [1.807, 2.05) is 0 Å². The third kappa shape index (κ3) is 5.90. The van der Waals surface area contributed by atoms with Crippen LogP contribution in [0.2, 0.25) is 5.02 Å². The minimum atomic E-state index is -3.75. The first-order chi connectivity index (χ1) is 14.2. The molecule has 0 aliphatic rings. The zero-order valence-electron chi connectivity index (χ0n) is 15.5. The molecule has 0 saturated carbocycles. The molecule has 3 aromatic rings. The minimum absolute atomic E-state index is 0.0382. The summed E-state index contributed by atoms with van der Waals surface area (Å²) in [6, 6.07) is 16.0. The molecule has 3 rings (SSSR count). The fourth-order valence-electron chi connectivity index (χ4n) is 2.46. The number of hydrogen-bond acceptors (Lipinski definition) is 6. The molecule has 156 valence electrons. The zero-order valence-corrected chi connectivity index (χ0v) is 17.9. The van der Waals surface area contributed by atoms with Crippen LogP contribution in [0.1, 0.15) is 20.8 Å². The van der Waals surface area contributed by atoms with Crippen LogP contribution >= 0.6 is 22.9 Å². The van der Waals surface area contributed by atoms with Gasteiger partial charge in [0.05, 0.1) is 6.54 Å². The van der Waals surface area contributed by atoms with E-state index in [1.54, 1.807) is 54.6 Å². The van der Waals surface area contributed by atoms with Gasteiger partial charge in [-0.3, -0.25) is 9.59 Å². The van der Waals surface area contributed by atoms with Gasteiger partial charge in [-0.2, -0.15) is 0 Å². The smallest absolute Gasteiger partial charge is 0.258 e. The second kappa shape index (κ2) is 9.40. The summed E-state index contributed by atoms with van der Waals surface area (Å²) >= 11 is 6.82. The first-order valence-electron chi connectivity index (χ1n) is 8.64. The van der Waals surface area contributed by atoms with Gasteiger partial charge in [0.1, 0.15) is 9.96 Å². The maximum atomic E-state index is 12.4. The number of nitrogens with two attached hydrogens (primary N) is 1. The predicted molar refractivity (Wildman–Crippen MR) is 114 cm³/mol. The number of ketones is 1. The second-order valence-corrected chi connectivity index (χ2v) is 9.58. The summed E-state index contributed by atoms with van der Waals surface area (Å²) in [5, 5.41) is 8.24. The number of ether oxygens (including phenoxy) is 1. The van der Waals surface area contributed by atoms with Gasteiger partial charge < -0.3 is 10.1 Å². The number of sulfonamides is 1. The van der Waals surface area contributed by atoms with Crippen molar-refractivity contribution in [2.75, 3.05) is 6.61 Å². The van der Waals surface area contributed by atoms with E-state index in [2.05, 4.69) is 5.32 Å². The molecular weight excluding hydrogens is 448 g/mol. The maximum Gasteiger partial charge on any atom is 0.258 e. The number of halogens is 1. The highest BCUT2D eigenvalue weighted by Crippen LogP contribution is 2.20. The minimum Gasteiger partial charge on any atom is -0.484 e.